The molecular formula is C28H40N2O3. The van der Waals surface area contributed by atoms with E-state index in [-0.39, 0.29) is 23.8 Å². The van der Waals surface area contributed by atoms with E-state index in [0.717, 1.165) is 24.0 Å². The van der Waals surface area contributed by atoms with Crippen molar-refractivity contribution in [1.29, 1.82) is 0 Å². The summed E-state index contributed by atoms with van der Waals surface area (Å²) in [5.41, 5.74) is 3.38. The molecule has 0 aliphatic carbocycles. The molecule has 0 fully saturated rings. The number of nitrogens with one attached hydrogen (secondary N) is 1. The number of hydrogen-bond acceptors (Lipinski definition) is 3. The smallest absolute Gasteiger partial charge is 0.261 e. The maximum absolute atomic E-state index is 13.3. The van der Waals surface area contributed by atoms with Gasteiger partial charge in [-0.25, -0.2) is 0 Å². The Morgan fingerprint density at radius 2 is 1.76 bits per heavy atom. The molecule has 1 atom stereocenters. The molecule has 0 bridgehead atoms. The fraction of sp³-hybridized carbons (Fsp3) is 0.500. The summed E-state index contributed by atoms with van der Waals surface area (Å²) in [4.78, 5) is 27.9. The van der Waals surface area contributed by atoms with Crippen molar-refractivity contribution in [3.63, 3.8) is 0 Å². The molecule has 0 saturated carbocycles. The number of benzene rings is 2. The molecule has 2 aromatic carbocycles. The molecule has 0 aliphatic rings. The van der Waals surface area contributed by atoms with Gasteiger partial charge in [0, 0.05) is 13.1 Å². The van der Waals surface area contributed by atoms with Crippen LogP contribution in [0.2, 0.25) is 0 Å². The number of rotatable bonds is 11. The lowest BCUT2D eigenvalue weighted by atomic mass is 9.87. The van der Waals surface area contributed by atoms with Crippen LogP contribution in [-0.2, 0) is 21.5 Å². The Balaban J connectivity index is 2.16. The summed E-state index contributed by atoms with van der Waals surface area (Å²) in [5.74, 6) is 0.336. The number of nitrogens with zero attached hydrogens (tertiary/aromatic N) is 1. The van der Waals surface area contributed by atoms with Gasteiger partial charge in [-0.1, -0.05) is 83.0 Å². The third kappa shape index (κ3) is 8.23. The highest BCUT2D eigenvalue weighted by Crippen LogP contribution is 2.24. The quantitative estimate of drug-likeness (QED) is 0.465. The highest BCUT2D eigenvalue weighted by molar-refractivity contribution is 5.88. The van der Waals surface area contributed by atoms with Crippen molar-refractivity contribution in [1.82, 2.24) is 10.2 Å². The molecule has 180 valence electrons. The second-order valence-electron chi connectivity index (χ2n) is 9.64. The van der Waals surface area contributed by atoms with Crippen molar-refractivity contribution >= 4 is 11.8 Å². The van der Waals surface area contributed by atoms with E-state index in [1.165, 1.54) is 5.56 Å². The molecule has 5 heteroatoms. The summed E-state index contributed by atoms with van der Waals surface area (Å²) in [5, 5.41) is 2.99. The van der Waals surface area contributed by atoms with Gasteiger partial charge in [-0.3, -0.25) is 9.59 Å². The molecule has 1 N–H and O–H groups in total. The Morgan fingerprint density at radius 1 is 1.06 bits per heavy atom. The summed E-state index contributed by atoms with van der Waals surface area (Å²) in [6.45, 7) is 13.4. The number of hydrogen-bond donors (Lipinski definition) is 1. The molecule has 5 nitrogen and oxygen atoms in total. The fourth-order valence-electron chi connectivity index (χ4n) is 3.71. The second-order valence-corrected chi connectivity index (χ2v) is 9.64. The van der Waals surface area contributed by atoms with Gasteiger partial charge in [0.1, 0.15) is 11.8 Å². The van der Waals surface area contributed by atoms with Crippen molar-refractivity contribution in [3.8, 4) is 5.75 Å². The lowest BCUT2D eigenvalue weighted by Crippen LogP contribution is -2.50. The third-order valence-electron chi connectivity index (χ3n) is 5.73. The third-order valence-corrected chi connectivity index (χ3v) is 5.73. The Morgan fingerprint density at radius 3 is 2.33 bits per heavy atom. The average molecular weight is 453 g/mol. The highest BCUT2D eigenvalue weighted by atomic mass is 16.5. The first kappa shape index (κ1) is 26.4. The minimum Gasteiger partial charge on any atom is -0.484 e. The number of carbonyl (C=O) groups excluding carboxylic acids is 2. The number of amides is 2. The molecule has 0 radical (unpaired) electrons. The first-order valence-electron chi connectivity index (χ1n) is 12.0. The van der Waals surface area contributed by atoms with E-state index in [1.807, 2.05) is 62.4 Å². The van der Waals surface area contributed by atoms with E-state index >= 15 is 0 Å². The van der Waals surface area contributed by atoms with E-state index in [2.05, 4.69) is 33.0 Å². The summed E-state index contributed by atoms with van der Waals surface area (Å²) >= 11 is 0. The fourth-order valence-corrected chi connectivity index (χ4v) is 3.71. The predicted octanol–water partition coefficient (Wildman–Crippen LogP) is 5.40. The van der Waals surface area contributed by atoms with Crippen LogP contribution in [-0.4, -0.2) is 35.9 Å². The number of unbranched alkanes of at least 4 members (excludes halogenated alkanes) is 1. The molecule has 0 heterocycles. The van der Waals surface area contributed by atoms with Gasteiger partial charge < -0.3 is 15.0 Å². The van der Waals surface area contributed by atoms with Gasteiger partial charge in [0.15, 0.2) is 6.61 Å². The van der Waals surface area contributed by atoms with Crippen LogP contribution < -0.4 is 10.1 Å². The van der Waals surface area contributed by atoms with Gasteiger partial charge in [-0.05, 0) is 48.4 Å². The van der Waals surface area contributed by atoms with Crippen LogP contribution in [0, 0.1) is 6.92 Å². The normalized spacial score (nSPS) is 12.2. The molecule has 33 heavy (non-hydrogen) atoms. The Labute approximate surface area is 199 Å². The minimum absolute atomic E-state index is 0.0540. The first-order chi connectivity index (χ1) is 15.7. The zero-order valence-electron chi connectivity index (χ0n) is 21.1. The van der Waals surface area contributed by atoms with Gasteiger partial charge in [0.2, 0.25) is 5.91 Å². The Hall–Kier alpha value is -2.82. The van der Waals surface area contributed by atoms with Crippen LogP contribution in [0.1, 0.15) is 70.6 Å². The summed E-state index contributed by atoms with van der Waals surface area (Å²) in [7, 11) is 0. The van der Waals surface area contributed by atoms with Crippen molar-refractivity contribution in [3.05, 3.63) is 65.2 Å². The Bertz CT molecular complexity index is 900. The van der Waals surface area contributed by atoms with E-state index in [0.29, 0.717) is 25.3 Å². The van der Waals surface area contributed by atoms with Crippen molar-refractivity contribution in [2.75, 3.05) is 13.2 Å². The van der Waals surface area contributed by atoms with Crippen LogP contribution in [0.15, 0.2) is 48.5 Å². The number of carbonyl (C=O) groups is 2. The topological polar surface area (TPSA) is 58.6 Å². The summed E-state index contributed by atoms with van der Waals surface area (Å²) in [6, 6.07) is 15.3. The standard InChI is InChI=1S/C28H40N2O3/c1-7-9-17-29-27(32)25(8-2)30(19-22-12-10-11-21(3)18-22)26(31)20-33-24-15-13-23(14-16-24)28(4,5)6/h10-16,18,25H,7-9,17,19-20H2,1-6H3,(H,29,32)/t25-/m1/s1. The predicted molar refractivity (Wildman–Crippen MR) is 134 cm³/mol. The molecule has 0 saturated heterocycles. The SMILES string of the molecule is CCCCNC(=O)[C@@H](CC)N(Cc1cccc(C)c1)C(=O)COc1ccc(C(C)(C)C)cc1. The molecule has 0 unspecified atom stereocenters. The largest absolute Gasteiger partial charge is 0.484 e. The molecule has 0 aliphatic heterocycles. The maximum Gasteiger partial charge on any atom is 0.261 e. The van der Waals surface area contributed by atoms with Crippen molar-refractivity contribution < 1.29 is 14.3 Å². The molecular weight excluding hydrogens is 412 g/mol. The van der Waals surface area contributed by atoms with Crippen LogP contribution in [0.5, 0.6) is 5.75 Å². The zero-order chi connectivity index (χ0) is 24.4. The van der Waals surface area contributed by atoms with Gasteiger partial charge in [0.25, 0.3) is 5.91 Å². The summed E-state index contributed by atoms with van der Waals surface area (Å²) in [6.07, 6.45) is 2.46. The number of ether oxygens (including phenoxy) is 1. The second kappa shape index (κ2) is 12.4. The first-order valence-corrected chi connectivity index (χ1v) is 12.0. The lowest BCUT2D eigenvalue weighted by Gasteiger charge is -2.30. The molecule has 0 spiro atoms. The molecule has 2 aromatic rings. The zero-order valence-corrected chi connectivity index (χ0v) is 21.1. The van der Waals surface area contributed by atoms with E-state index in [1.54, 1.807) is 4.90 Å². The average Bonchev–Trinajstić information content (AvgIpc) is 2.77. The van der Waals surface area contributed by atoms with Crippen molar-refractivity contribution in [2.45, 2.75) is 78.8 Å². The van der Waals surface area contributed by atoms with E-state index in [4.69, 9.17) is 4.74 Å². The van der Waals surface area contributed by atoms with Gasteiger partial charge in [-0.2, -0.15) is 0 Å². The van der Waals surface area contributed by atoms with Gasteiger partial charge in [-0.15, -0.1) is 0 Å². The van der Waals surface area contributed by atoms with Crippen LogP contribution in [0.3, 0.4) is 0 Å². The number of aryl methyl sites for hydroxylation is 1. The lowest BCUT2D eigenvalue weighted by molar-refractivity contribution is -0.143. The minimum atomic E-state index is -0.540. The van der Waals surface area contributed by atoms with Gasteiger partial charge in [0.05, 0.1) is 0 Å². The van der Waals surface area contributed by atoms with Crippen LogP contribution >= 0.6 is 0 Å². The molecule has 2 amide bonds. The highest BCUT2D eigenvalue weighted by Gasteiger charge is 2.28. The van der Waals surface area contributed by atoms with E-state index in [9.17, 15) is 9.59 Å². The maximum atomic E-state index is 13.3. The molecule has 2 rings (SSSR count). The van der Waals surface area contributed by atoms with Gasteiger partial charge >= 0.3 is 0 Å². The Kier molecular flexibility index (Phi) is 9.95. The molecule has 0 aromatic heterocycles. The monoisotopic (exact) mass is 452 g/mol. The van der Waals surface area contributed by atoms with Crippen molar-refractivity contribution in [2.24, 2.45) is 0 Å². The van der Waals surface area contributed by atoms with E-state index < -0.39 is 6.04 Å². The van der Waals surface area contributed by atoms with Crippen LogP contribution in [0.25, 0.3) is 0 Å². The van der Waals surface area contributed by atoms with Crippen LogP contribution in [0.4, 0.5) is 0 Å². The summed E-state index contributed by atoms with van der Waals surface area (Å²) < 4.78 is 5.83.